The summed E-state index contributed by atoms with van der Waals surface area (Å²) in [5, 5.41) is 0.991. The third kappa shape index (κ3) is 2.71. The molecule has 0 amide bonds. The fraction of sp³-hybridized carbons (Fsp3) is 0.312. The molecule has 21 heavy (non-hydrogen) atoms. The van der Waals surface area contributed by atoms with Gasteiger partial charge in [0, 0.05) is 17.2 Å². The van der Waals surface area contributed by atoms with Crippen molar-refractivity contribution < 1.29 is 4.42 Å². The number of aromatic nitrogens is 1. The Balaban J connectivity index is 2.04. The van der Waals surface area contributed by atoms with Crippen LogP contribution in [0, 0.1) is 0 Å². The van der Waals surface area contributed by atoms with E-state index in [9.17, 15) is 4.79 Å². The predicted molar refractivity (Wildman–Crippen MR) is 89.0 cm³/mol. The molecule has 1 aromatic carbocycles. The lowest BCUT2D eigenvalue weighted by Crippen LogP contribution is -2.13. The number of hydrogen-bond acceptors (Lipinski definition) is 4. The highest BCUT2D eigenvalue weighted by molar-refractivity contribution is 7.98. The van der Waals surface area contributed by atoms with Crippen LogP contribution in [0.15, 0.2) is 45.8 Å². The Morgan fingerprint density at radius 2 is 2.05 bits per heavy atom. The van der Waals surface area contributed by atoms with Crippen LogP contribution in [0.3, 0.4) is 0 Å². The molecule has 0 N–H and O–H groups in total. The van der Waals surface area contributed by atoms with E-state index in [-0.39, 0.29) is 5.43 Å². The highest BCUT2D eigenvalue weighted by atomic mass is 32.2. The summed E-state index contributed by atoms with van der Waals surface area (Å²) in [6.45, 7) is 1.04. The highest BCUT2D eigenvalue weighted by Crippen LogP contribution is 2.30. The van der Waals surface area contributed by atoms with Gasteiger partial charge in [0.1, 0.15) is 5.52 Å². The third-order valence-electron chi connectivity index (χ3n) is 3.39. The Morgan fingerprint density at radius 1 is 1.24 bits per heavy atom. The van der Waals surface area contributed by atoms with E-state index in [1.165, 1.54) is 12.3 Å². The zero-order valence-electron chi connectivity index (χ0n) is 12.2. The van der Waals surface area contributed by atoms with Crippen molar-refractivity contribution >= 4 is 34.0 Å². The molecule has 0 saturated heterocycles. The van der Waals surface area contributed by atoms with Gasteiger partial charge in [-0.2, -0.15) is 0 Å². The molecule has 4 nitrogen and oxygen atoms in total. The second-order valence-electron chi connectivity index (χ2n) is 5.26. The first-order valence-corrected chi connectivity index (χ1v) is 7.91. The normalized spacial score (nSPS) is 11.8. The fourth-order valence-corrected chi connectivity index (χ4v) is 3.47. The molecule has 3 rings (SSSR count). The van der Waals surface area contributed by atoms with Crippen LogP contribution in [0.4, 0.5) is 0 Å². The van der Waals surface area contributed by atoms with Gasteiger partial charge in [-0.3, -0.25) is 8.77 Å². The molecule has 5 heteroatoms. The van der Waals surface area contributed by atoms with Crippen LogP contribution in [-0.2, 0) is 0 Å². The Labute approximate surface area is 127 Å². The van der Waals surface area contributed by atoms with Gasteiger partial charge in [0.05, 0.1) is 11.8 Å². The topological polar surface area (TPSA) is 38.4 Å². The van der Waals surface area contributed by atoms with E-state index in [4.69, 9.17) is 4.42 Å². The first-order valence-electron chi connectivity index (χ1n) is 6.97. The molecule has 3 aromatic rings. The van der Waals surface area contributed by atoms with Crippen molar-refractivity contribution in [2.24, 2.45) is 0 Å². The summed E-state index contributed by atoms with van der Waals surface area (Å²) in [4.78, 5) is 14.4. The maximum Gasteiger partial charge on any atom is 0.210 e. The smallest absolute Gasteiger partial charge is 0.210 e. The van der Waals surface area contributed by atoms with Gasteiger partial charge >= 0.3 is 0 Å². The minimum absolute atomic E-state index is 0.00700. The van der Waals surface area contributed by atoms with Gasteiger partial charge in [-0.15, -0.1) is 0 Å². The van der Waals surface area contributed by atoms with Crippen molar-refractivity contribution in [2.75, 3.05) is 26.4 Å². The van der Waals surface area contributed by atoms with Crippen molar-refractivity contribution in [2.45, 2.75) is 6.42 Å². The average molecular weight is 302 g/mol. The van der Waals surface area contributed by atoms with E-state index in [1.54, 1.807) is 11.9 Å². The van der Waals surface area contributed by atoms with Gasteiger partial charge < -0.3 is 9.32 Å². The van der Waals surface area contributed by atoms with Gasteiger partial charge in [0.25, 0.3) is 0 Å². The zero-order valence-corrected chi connectivity index (χ0v) is 13.0. The van der Waals surface area contributed by atoms with Crippen molar-refractivity contribution in [3.8, 4) is 0 Å². The molecule has 0 spiro atoms. The molecule has 0 saturated carbocycles. The Morgan fingerprint density at radius 3 is 2.86 bits per heavy atom. The lowest BCUT2D eigenvalue weighted by atomic mass is 10.2. The molecule has 0 unspecified atom stereocenters. The molecule has 110 valence electrons. The second kappa shape index (κ2) is 5.95. The molecule has 0 fully saturated rings. The van der Waals surface area contributed by atoms with Gasteiger partial charge in [0.15, 0.2) is 5.58 Å². The van der Waals surface area contributed by atoms with Crippen molar-refractivity contribution in [1.29, 1.82) is 0 Å². The maximum atomic E-state index is 12.2. The number of hydrogen-bond donors (Lipinski definition) is 0. The summed E-state index contributed by atoms with van der Waals surface area (Å²) in [7, 11) is 4.14. The monoisotopic (exact) mass is 302 g/mol. The molecule has 0 aliphatic rings. The van der Waals surface area contributed by atoms with Gasteiger partial charge in [-0.25, -0.2) is 0 Å². The first kappa shape index (κ1) is 14.2. The summed E-state index contributed by atoms with van der Waals surface area (Å²) in [5.41, 5.74) is 2.37. The molecule has 2 heterocycles. The molecular formula is C16H18N2O2S. The van der Waals surface area contributed by atoms with Crippen LogP contribution >= 0.6 is 11.9 Å². The first-order chi connectivity index (χ1) is 10.2. The van der Waals surface area contributed by atoms with Crippen LogP contribution in [-0.4, -0.2) is 35.3 Å². The molecule has 2 aromatic heterocycles. The average Bonchev–Trinajstić information content (AvgIpc) is 2.79. The van der Waals surface area contributed by atoms with Crippen molar-refractivity contribution in [3.05, 3.63) is 46.8 Å². The van der Waals surface area contributed by atoms with E-state index >= 15 is 0 Å². The number of benzene rings is 1. The van der Waals surface area contributed by atoms with E-state index in [0.717, 1.165) is 29.6 Å². The number of rotatable bonds is 5. The Bertz CT molecular complexity index is 820. The lowest BCUT2D eigenvalue weighted by Gasteiger charge is -2.09. The lowest BCUT2D eigenvalue weighted by molar-refractivity contribution is 0.410. The summed E-state index contributed by atoms with van der Waals surface area (Å²) >= 11 is 1.67. The Hall–Kier alpha value is -1.72. The van der Waals surface area contributed by atoms with Crippen LogP contribution in [0.25, 0.3) is 22.0 Å². The quantitative estimate of drug-likeness (QED) is 0.678. The number of fused-ring (bicyclic) bond motifs is 3. The maximum absolute atomic E-state index is 12.2. The van der Waals surface area contributed by atoms with Crippen LogP contribution in [0.5, 0.6) is 0 Å². The largest absolute Gasteiger partial charge is 0.462 e. The summed E-state index contributed by atoms with van der Waals surface area (Å²) in [6.07, 6.45) is 2.54. The van der Waals surface area contributed by atoms with Crippen molar-refractivity contribution in [1.82, 2.24) is 8.87 Å². The minimum Gasteiger partial charge on any atom is -0.462 e. The Kier molecular flexibility index (Phi) is 4.03. The highest BCUT2D eigenvalue weighted by Gasteiger charge is 2.14. The van der Waals surface area contributed by atoms with E-state index < -0.39 is 0 Å². The molecule has 0 aliphatic carbocycles. The number of para-hydroxylation sites is 1. The summed E-state index contributed by atoms with van der Waals surface area (Å²) < 4.78 is 7.61. The van der Waals surface area contributed by atoms with Crippen LogP contribution < -0.4 is 5.43 Å². The van der Waals surface area contributed by atoms with Gasteiger partial charge in [-0.05, 0) is 51.1 Å². The standard InChI is InChI=1S/C16H18N2O2S/c1-17(2)9-5-11-21-18-13-7-4-3-6-12(13)16-15(18)14(19)8-10-20-16/h3-4,6-8,10H,5,9,11H2,1-2H3. The zero-order chi connectivity index (χ0) is 14.8. The summed E-state index contributed by atoms with van der Waals surface area (Å²) in [6, 6.07) is 9.47. The van der Waals surface area contributed by atoms with E-state index in [1.807, 2.05) is 28.2 Å². The second-order valence-corrected chi connectivity index (χ2v) is 6.30. The SMILES string of the molecule is CN(C)CCCSn1c2ccccc2c2occc(=O)c21. The van der Waals surface area contributed by atoms with E-state index in [0.29, 0.717) is 11.1 Å². The van der Waals surface area contributed by atoms with Crippen molar-refractivity contribution in [3.63, 3.8) is 0 Å². The minimum atomic E-state index is 0.00700. The fourth-order valence-electron chi connectivity index (χ4n) is 2.43. The molecule has 0 radical (unpaired) electrons. The van der Waals surface area contributed by atoms with Gasteiger partial charge in [-0.1, -0.05) is 12.1 Å². The van der Waals surface area contributed by atoms with Crippen LogP contribution in [0.2, 0.25) is 0 Å². The third-order valence-corrected chi connectivity index (χ3v) is 4.50. The molecule has 0 aliphatic heterocycles. The van der Waals surface area contributed by atoms with Gasteiger partial charge in [0.2, 0.25) is 5.43 Å². The molecular weight excluding hydrogens is 284 g/mol. The predicted octanol–water partition coefficient (Wildman–Crippen LogP) is 3.20. The number of nitrogens with zero attached hydrogens (tertiary/aromatic N) is 2. The van der Waals surface area contributed by atoms with Crippen LogP contribution in [0.1, 0.15) is 6.42 Å². The summed E-state index contributed by atoms with van der Waals surface area (Å²) in [5.74, 6) is 0.959. The van der Waals surface area contributed by atoms with E-state index in [2.05, 4.69) is 19.0 Å². The molecule has 0 atom stereocenters. The molecule has 0 bridgehead atoms.